The Morgan fingerprint density at radius 2 is 2.14 bits per heavy atom. The van der Waals surface area contributed by atoms with Crippen molar-refractivity contribution in [1.29, 1.82) is 0 Å². The zero-order valence-electron chi connectivity index (χ0n) is 7.85. The van der Waals surface area contributed by atoms with E-state index in [0.29, 0.717) is 13.1 Å². The summed E-state index contributed by atoms with van der Waals surface area (Å²) in [4.78, 5) is 23.1. The predicted molar refractivity (Wildman–Crippen MR) is 50.6 cm³/mol. The molecular weight excluding hydrogens is 184 g/mol. The van der Waals surface area contributed by atoms with Gasteiger partial charge >= 0.3 is 5.97 Å². The molecule has 5 heteroatoms. The van der Waals surface area contributed by atoms with Gasteiger partial charge in [0.2, 0.25) is 5.91 Å². The van der Waals surface area contributed by atoms with Gasteiger partial charge in [-0.1, -0.05) is 0 Å². The predicted octanol–water partition coefficient (Wildman–Crippen LogP) is -0.423. The summed E-state index contributed by atoms with van der Waals surface area (Å²) in [6.45, 7) is 1.18. The van der Waals surface area contributed by atoms with Gasteiger partial charge in [-0.2, -0.15) is 0 Å². The standard InChI is InChI=1S/C9H14N2O3/c10-7-2-1-5-11(6-7)8(12)3-4-9(13)14/h3-4,7H,1-2,5-6,10H2,(H,13,14)/b4-3+. The average molecular weight is 198 g/mol. The van der Waals surface area contributed by atoms with Crippen LogP contribution >= 0.6 is 0 Å². The van der Waals surface area contributed by atoms with Gasteiger partial charge in [-0.25, -0.2) is 4.79 Å². The van der Waals surface area contributed by atoms with Crippen molar-refractivity contribution < 1.29 is 14.7 Å². The summed E-state index contributed by atoms with van der Waals surface area (Å²) in [7, 11) is 0. The smallest absolute Gasteiger partial charge is 0.328 e. The van der Waals surface area contributed by atoms with E-state index in [0.717, 1.165) is 25.0 Å². The number of carboxylic acid groups (broad SMARTS) is 1. The number of hydrogen-bond acceptors (Lipinski definition) is 3. The first-order chi connectivity index (χ1) is 6.59. The SMILES string of the molecule is NC1CCCN(C(=O)/C=C/C(=O)O)C1. The number of nitrogens with zero attached hydrogens (tertiary/aromatic N) is 1. The zero-order chi connectivity index (χ0) is 10.6. The molecular formula is C9H14N2O3. The van der Waals surface area contributed by atoms with Gasteiger partial charge in [0.15, 0.2) is 0 Å². The third-order valence-corrected chi connectivity index (χ3v) is 2.14. The van der Waals surface area contributed by atoms with Gasteiger partial charge in [0.1, 0.15) is 0 Å². The van der Waals surface area contributed by atoms with Crippen molar-refractivity contribution in [3.8, 4) is 0 Å². The van der Waals surface area contributed by atoms with Gasteiger partial charge in [0, 0.05) is 31.3 Å². The molecule has 1 amide bonds. The first-order valence-corrected chi connectivity index (χ1v) is 4.55. The summed E-state index contributed by atoms with van der Waals surface area (Å²) >= 11 is 0. The fourth-order valence-electron chi connectivity index (χ4n) is 1.46. The van der Waals surface area contributed by atoms with E-state index in [9.17, 15) is 9.59 Å². The second-order valence-corrected chi connectivity index (χ2v) is 3.36. The van der Waals surface area contributed by atoms with Crippen molar-refractivity contribution in [2.45, 2.75) is 18.9 Å². The van der Waals surface area contributed by atoms with Gasteiger partial charge < -0.3 is 15.7 Å². The lowest BCUT2D eigenvalue weighted by Gasteiger charge is -2.29. The maximum Gasteiger partial charge on any atom is 0.328 e. The van der Waals surface area contributed by atoms with Crippen LogP contribution in [0.4, 0.5) is 0 Å². The highest BCUT2D eigenvalue weighted by atomic mass is 16.4. The van der Waals surface area contributed by atoms with Crippen LogP contribution in [-0.4, -0.2) is 41.0 Å². The highest BCUT2D eigenvalue weighted by molar-refractivity contribution is 5.93. The largest absolute Gasteiger partial charge is 0.478 e. The van der Waals surface area contributed by atoms with Gasteiger partial charge in [0.25, 0.3) is 0 Å². The van der Waals surface area contributed by atoms with E-state index < -0.39 is 5.97 Å². The van der Waals surface area contributed by atoms with E-state index in [1.807, 2.05) is 0 Å². The summed E-state index contributed by atoms with van der Waals surface area (Å²) < 4.78 is 0. The molecule has 5 nitrogen and oxygen atoms in total. The molecule has 1 saturated heterocycles. The Labute approximate surface area is 82.2 Å². The molecule has 0 aromatic carbocycles. The van der Waals surface area contributed by atoms with Gasteiger partial charge in [-0.3, -0.25) is 4.79 Å². The number of hydrogen-bond donors (Lipinski definition) is 2. The van der Waals surface area contributed by atoms with Gasteiger partial charge in [-0.05, 0) is 12.8 Å². The number of rotatable bonds is 2. The lowest BCUT2D eigenvalue weighted by atomic mass is 10.1. The Morgan fingerprint density at radius 1 is 1.43 bits per heavy atom. The number of carbonyl (C=O) groups is 2. The summed E-state index contributed by atoms with van der Waals surface area (Å²) in [5.74, 6) is -1.39. The third-order valence-electron chi connectivity index (χ3n) is 2.14. The number of carboxylic acids is 1. The number of likely N-dealkylation sites (tertiary alicyclic amines) is 1. The van der Waals surface area contributed by atoms with Crippen molar-refractivity contribution in [1.82, 2.24) is 4.90 Å². The maximum atomic E-state index is 11.4. The monoisotopic (exact) mass is 198 g/mol. The van der Waals surface area contributed by atoms with E-state index in [4.69, 9.17) is 10.8 Å². The number of amides is 1. The lowest BCUT2D eigenvalue weighted by Crippen LogP contribution is -2.45. The van der Waals surface area contributed by atoms with Gasteiger partial charge in [0.05, 0.1) is 0 Å². The zero-order valence-corrected chi connectivity index (χ0v) is 7.85. The first-order valence-electron chi connectivity index (χ1n) is 4.55. The Hall–Kier alpha value is -1.36. The number of carbonyl (C=O) groups excluding carboxylic acids is 1. The molecule has 1 unspecified atom stereocenters. The fourth-order valence-corrected chi connectivity index (χ4v) is 1.46. The molecule has 0 spiro atoms. The van der Waals surface area contributed by atoms with E-state index >= 15 is 0 Å². The third kappa shape index (κ3) is 3.18. The van der Waals surface area contributed by atoms with Crippen molar-refractivity contribution in [2.75, 3.05) is 13.1 Å². The molecule has 0 bridgehead atoms. The molecule has 78 valence electrons. The Balaban J connectivity index is 2.47. The van der Waals surface area contributed by atoms with Crippen molar-refractivity contribution in [3.63, 3.8) is 0 Å². The molecule has 1 fully saturated rings. The van der Waals surface area contributed by atoms with Crippen LogP contribution in [0.1, 0.15) is 12.8 Å². The number of nitrogens with two attached hydrogens (primary N) is 1. The molecule has 1 rings (SSSR count). The van der Waals surface area contributed by atoms with Crippen molar-refractivity contribution in [3.05, 3.63) is 12.2 Å². The highest BCUT2D eigenvalue weighted by Crippen LogP contribution is 2.08. The molecule has 0 aromatic heterocycles. The molecule has 14 heavy (non-hydrogen) atoms. The molecule has 0 saturated carbocycles. The molecule has 1 aliphatic rings. The average Bonchev–Trinajstić information content (AvgIpc) is 2.14. The molecule has 0 aliphatic carbocycles. The first kappa shape index (κ1) is 10.7. The minimum Gasteiger partial charge on any atom is -0.478 e. The Bertz CT molecular complexity index is 263. The van der Waals surface area contributed by atoms with Crippen LogP contribution in [0.25, 0.3) is 0 Å². The summed E-state index contributed by atoms with van der Waals surface area (Å²) in [6, 6.07) is 0.0194. The fraction of sp³-hybridized carbons (Fsp3) is 0.556. The van der Waals surface area contributed by atoms with Crippen LogP contribution in [0.15, 0.2) is 12.2 Å². The second-order valence-electron chi connectivity index (χ2n) is 3.36. The second kappa shape index (κ2) is 4.76. The quantitative estimate of drug-likeness (QED) is 0.590. The van der Waals surface area contributed by atoms with Crippen LogP contribution in [0.2, 0.25) is 0 Å². The molecule has 3 N–H and O–H groups in total. The molecule has 0 aromatic rings. The number of piperidine rings is 1. The molecule has 0 radical (unpaired) electrons. The molecule has 1 atom stereocenters. The normalized spacial score (nSPS) is 22.6. The minimum atomic E-state index is -1.11. The van der Waals surface area contributed by atoms with Crippen LogP contribution < -0.4 is 5.73 Å². The topological polar surface area (TPSA) is 83.6 Å². The summed E-state index contributed by atoms with van der Waals surface area (Å²) in [6.07, 6.45) is 3.73. The van der Waals surface area contributed by atoms with Gasteiger partial charge in [-0.15, -0.1) is 0 Å². The van der Waals surface area contributed by atoms with Crippen LogP contribution in [-0.2, 0) is 9.59 Å². The molecule has 1 aliphatic heterocycles. The van der Waals surface area contributed by atoms with Crippen LogP contribution in [0.5, 0.6) is 0 Å². The highest BCUT2D eigenvalue weighted by Gasteiger charge is 2.19. The lowest BCUT2D eigenvalue weighted by molar-refractivity contribution is -0.132. The van der Waals surface area contributed by atoms with Crippen molar-refractivity contribution in [2.24, 2.45) is 5.73 Å². The minimum absolute atomic E-state index is 0.0194. The Kier molecular flexibility index (Phi) is 3.64. The maximum absolute atomic E-state index is 11.4. The van der Waals surface area contributed by atoms with E-state index in [-0.39, 0.29) is 11.9 Å². The number of aliphatic carboxylic acids is 1. The van der Waals surface area contributed by atoms with Crippen LogP contribution in [0, 0.1) is 0 Å². The molecule has 1 heterocycles. The Morgan fingerprint density at radius 3 is 2.71 bits per heavy atom. The van der Waals surface area contributed by atoms with E-state index in [1.165, 1.54) is 0 Å². The van der Waals surface area contributed by atoms with Crippen LogP contribution in [0.3, 0.4) is 0 Å². The van der Waals surface area contributed by atoms with Crippen molar-refractivity contribution >= 4 is 11.9 Å². The van der Waals surface area contributed by atoms with E-state index in [2.05, 4.69) is 0 Å². The summed E-state index contributed by atoms with van der Waals surface area (Å²) in [5, 5.41) is 8.33. The summed E-state index contributed by atoms with van der Waals surface area (Å²) in [5.41, 5.74) is 5.68. The van der Waals surface area contributed by atoms with E-state index in [1.54, 1.807) is 4.90 Å².